The largest absolute Gasteiger partial charge is 0.496 e. The van der Waals surface area contributed by atoms with Crippen LogP contribution in [-0.2, 0) is 10.0 Å². The molecule has 1 unspecified atom stereocenters. The minimum Gasteiger partial charge on any atom is -0.496 e. The molecule has 102 valence electrons. The van der Waals surface area contributed by atoms with Crippen molar-refractivity contribution in [2.24, 2.45) is 5.14 Å². The first-order valence-electron chi connectivity index (χ1n) is 5.84. The second-order valence-electron chi connectivity index (χ2n) is 4.02. The fourth-order valence-corrected chi connectivity index (χ4v) is 2.21. The van der Waals surface area contributed by atoms with E-state index < -0.39 is 10.0 Å². The molecule has 0 bridgehead atoms. The van der Waals surface area contributed by atoms with Crippen molar-refractivity contribution in [1.29, 1.82) is 0 Å². The monoisotopic (exact) mass is 272 g/mol. The first kappa shape index (κ1) is 14.9. The van der Waals surface area contributed by atoms with Gasteiger partial charge in [0.1, 0.15) is 5.75 Å². The third-order valence-corrected chi connectivity index (χ3v) is 3.47. The van der Waals surface area contributed by atoms with Gasteiger partial charge in [-0.2, -0.15) is 0 Å². The number of ether oxygens (including phenoxy) is 1. The van der Waals surface area contributed by atoms with E-state index in [1.54, 1.807) is 7.11 Å². The SMILES string of the molecule is CCC(NCCS(N)(=O)=O)c1ccccc1OC. The Morgan fingerprint density at radius 2 is 2.06 bits per heavy atom. The zero-order valence-corrected chi connectivity index (χ0v) is 11.5. The third-order valence-electron chi connectivity index (χ3n) is 2.70. The number of hydrogen-bond donors (Lipinski definition) is 2. The number of para-hydroxylation sites is 1. The third kappa shape index (κ3) is 4.64. The van der Waals surface area contributed by atoms with E-state index in [-0.39, 0.29) is 11.8 Å². The number of primary sulfonamides is 1. The lowest BCUT2D eigenvalue weighted by Gasteiger charge is -2.19. The van der Waals surface area contributed by atoms with Gasteiger partial charge in [-0.3, -0.25) is 0 Å². The Balaban J connectivity index is 2.71. The van der Waals surface area contributed by atoms with E-state index >= 15 is 0 Å². The van der Waals surface area contributed by atoms with E-state index in [1.165, 1.54) is 0 Å². The Hall–Kier alpha value is -1.11. The molecule has 6 heteroatoms. The summed E-state index contributed by atoms with van der Waals surface area (Å²) < 4.78 is 27.0. The number of benzene rings is 1. The van der Waals surface area contributed by atoms with Crippen LogP contribution in [0.2, 0.25) is 0 Å². The van der Waals surface area contributed by atoms with Gasteiger partial charge in [-0.15, -0.1) is 0 Å². The average molecular weight is 272 g/mol. The summed E-state index contributed by atoms with van der Waals surface area (Å²) in [6.07, 6.45) is 0.838. The molecular formula is C12H20N2O3S. The predicted octanol–water partition coefficient (Wildman–Crippen LogP) is 1.02. The molecule has 1 aromatic carbocycles. The predicted molar refractivity (Wildman–Crippen MR) is 72.0 cm³/mol. The maximum absolute atomic E-state index is 10.9. The molecule has 1 rings (SSSR count). The highest BCUT2D eigenvalue weighted by molar-refractivity contribution is 7.89. The Kier molecular flexibility index (Phi) is 5.58. The van der Waals surface area contributed by atoms with Crippen molar-refractivity contribution in [3.8, 4) is 5.75 Å². The lowest BCUT2D eigenvalue weighted by atomic mass is 10.0. The van der Waals surface area contributed by atoms with Crippen LogP contribution in [0.25, 0.3) is 0 Å². The van der Waals surface area contributed by atoms with Gasteiger partial charge in [-0.1, -0.05) is 25.1 Å². The standard InChI is InChI=1S/C12H20N2O3S/c1-3-11(14-8-9-18(13,15)16)10-6-4-5-7-12(10)17-2/h4-7,11,14H,3,8-9H2,1-2H3,(H2,13,15,16). The lowest BCUT2D eigenvalue weighted by molar-refractivity contribution is 0.398. The van der Waals surface area contributed by atoms with Gasteiger partial charge in [0.05, 0.1) is 12.9 Å². The smallest absolute Gasteiger partial charge is 0.210 e. The topological polar surface area (TPSA) is 81.4 Å². The summed E-state index contributed by atoms with van der Waals surface area (Å²) >= 11 is 0. The molecule has 1 atom stereocenters. The van der Waals surface area contributed by atoms with Gasteiger partial charge in [0.15, 0.2) is 0 Å². The number of sulfonamides is 1. The van der Waals surface area contributed by atoms with Gasteiger partial charge in [0.2, 0.25) is 10.0 Å². The normalized spacial score (nSPS) is 13.3. The van der Waals surface area contributed by atoms with Gasteiger partial charge < -0.3 is 10.1 Å². The summed E-state index contributed by atoms with van der Waals surface area (Å²) in [7, 11) is -1.80. The molecule has 0 saturated heterocycles. The minimum atomic E-state index is -3.42. The molecule has 5 nitrogen and oxygen atoms in total. The molecule has 0 spiro atoms. The van der Waals surface area contributed by atoms with Crippen molar-refractivity contribution in [2.45, 2.75) is 19.4 Å². The molecule has 0 amide bonds. The number of methoxy groups -OCH3 is 1. The van der Waals surface area contributed by atoms with Gasteiger partial charge in [0.25, 0.3) is 0 Å². The van der Waals surface area contributed by atoms with Crippen LogP contribution in [0.4, 0.5) is 0 Å². The van der Waals surface area contributed by atoms with Gasteiger partial charge >= 0.3 is 0 Å². The van der Waals surface area contributed by atoms with Gasteiger partial charge in [0, 0.05) is 18.2 Å². The molecule has 0 aliphatic heterocycles. The van der Waals surface area contributed by atoms with Crippen molar-refractivity contribution in [2.75, 3.05) is 19.4 Å². The Bertz CT molecular complexity index is 474. The van der Waals surface area contributed by atoms with Crippen LogP contribution in [0.15, 0.2) is 24.3 Å². The molecule has 0 radical (unpaired) electrons. The molecule has 0 aliphatic rings. The highest BCUT2D eigenvalue weighted by Gasteiger charge is 2.14. The van der Waals surface area contributed by atoms with E-state index in [0.29, 0.717) is 6.54 Å². The molecular weight excluding hydrogens is 252 g/mol. The van der Waals surface area contributed by atoms with Gasteiger partial charge in [-0.05, 0) is 12.5 Å². The first-order chi connectivity index (χ1) is 8.48. The summed E-state index contributed by atoms with van der Waals surface area (Å²) in [5.74, 6) is 0.728. The maximum atomic E-state index is 10.9. The maximum Gasteiger partial charge on any atom is 0.210 e. The Labute approximate surface area is 108 Å². The summed E-state index contributed by atoms with van der Waals surface area (Å²) in [5.41, 5.74) is 1.02. The molecule has 0 fully saturated rings. The second-order valence-corrected chi connectivity index (χ2v) is 5.76. The van der Waals surface area contributed by atoms with E-state index in [2.05, 4.69) is 5.32 Å². The van der Waals surface area contributed by atoms with E-state index in [1.807, 2.05) is 31.2 Å². The number of rotatable bonds is 7. The van der Waals surface area contributed by atoms with Crippen LogP contribution in [0.1, 0.15) is 24.9 Å². The van der Waals surface area contributed by atoms with Crippen molar-refractivity contribution >= 4 is 10.0 Å². The van der Waals surface area contributed by atoms with Crippen molar-refractivity contribution in [1.82, 2.24) is 5.32 Å². The second kappa shape index (κ2) is 6.72. The van der Waals surface area contributed by atoms with Crippen LogP contribution >= 0.6 is 0 Å². The van der Waals surface area contributed by atoms with Crippen LogP contribution in [0.5, 0.6) is 5.75 Å². The van der Waals surface area contributed by atoms with Crippen LogP contribution in [0, 0.1) is 0 Å². The first-order valence-corrected chi connectivity index (χ1v) is 7.56. The summed E-state index contributed by atoms with van der Waals surface area (Å²) in [4.78, 5) is 0. The molecule has 0 aliphatic carbocycles. The van der Waals surface area contributed by atoms with Crippen LogP contribution in [0.3, 0.4) is 0 Å². The van der Waals surface area contributed by atoms with Gasteiger partial charge in [-0.25, -0.2) is 13.6 Å². The molecule has 18 heavy (non-hydrogen) atoms. The lowest BCUT2D eigenvalue weighted by Crippen LogP contribution is -2.30. The summed E-state index contributed by atoms with van der Waals surface area (Å²) in [6, 6.07) is 7.75. The fraction of sp³-hybridized carbons (Fsp3) is 0.500. The van der Waals surface area contributed by atoms with E-state index in [4.69, 9.17) is 9.88 Å². The zero-order valence-electron chi connectivity index (χ0n) is 10.7. The van der Waals surface area contributed by atoms with Crippen LogP contribution < -0.4 is 15.2 Å². The molecule has 0 aromatic heterocycles. The molecule has 3 N–H and O–H groups in total. The number of nitrogens with two attached hydrogens (primary N) is 1. The Morgan fingerprint density at radius 1 is 1.39 bits per heavy atom. The number of hydrogen-bond acceptors (Lipinski definition) is 4. The molecule has 1 aromatic rings. The van der Waals surface area contributed by atoms with E-state index in [9.17, 15) is 8.42 Å². The fourth-order valence-electron chi connectivity index (χ4n) is 1.80. The highest BCUT2D eigenvalue weighted by atomic mass is 32.2. The number of nitrogens with one attached hydrogen (secondary N) is 1. The Morgan fingerprint density at radius 3 is 2.61 bits per heavy atom. The molecule has 0 saturated carbocycles. The average Bonchev–Trinajstić information content (AvgIpc) is 2.33. The summed E-state index contributed by atoms with van der Waals surface area (Å²) in [6.45, 7) is 2.36. The van der Waals surface area contributed by atoms with Crippen molar-refractivity contribution < 1.29 is 13.2 Å². The summed E-state index contributed by atoms with van der Waals surface area (Å²) in [5, 5.41) is 8.14. The van der Waals surface area contributed by atoms with Crippen molar-refractivity contribution in [3.63, 3.8) is 0 Å². The van der Waals surface area contributed by atoms with Crippen LogP contribution in [-0.4, -0.2) is 27.8 Å². The minimum absolute atomic E-state index is 0.0582. The van der Waals surface area contributed by atoms with Crippen molar-refractivity contribution in [3.05, 3.63) is 29.8 Å². The zero-order chi connectivity index (χ0) is 13.6. The quantitative estimate of drug-likeness (QED) is 0.776. The van der Waals surface area contributed by atoms with E-state index in [0.717, 1.165) is 17.7 Å². The molecule has 0 heterocycles. The highest BCUT2D eigenvalue weighted by Crippen LogP contribution is 2.26.